The first-order valence-corrected chi connectivity index (χ1v) is 12.1. The molecule has 0 aromatic carbocycles. The first-order valence-electron chi connectivity index (χ1n) is 12.1. The van der Waals surface area contributed by atoms with Gasteiger partial charge in [-0.25, -0.2) is 0 Å². The van der Waals surface area contributed by atoms with Crippen molar-refractivity contribution >= 4 is 5.78 Å². The van der Waals surface area contributed by atoms with Crippen molar-refractivity contribution in [3.63, 3.8) is 0 Å². The molecule has 0 spiro atoms. The van der Waals surface area contributed by atoms with Gasteiger partial charge in [0.15, 0.2) is 0 Å². The van der Waals surface area contributed by atoms with E-state index in [1.807, 2.05) is 12.4 Å². The second-order valence-corrected chi connectivity index (χ2v) is 11.0. The van der Waals surface area contributed by atoms with Gasteiger partial charge in [-0.15, -0.1) is 0 Å². The fraction of sp³-hybridized carbons (Fsp3) is 0.704. The van der Waals surface area contributed by atoms with Gasteiger partial charge in [0, 0.05) is 25.2 Å². The molecular weight excluding hydrogens is 354 g/mol. The molecule has 0 N–H and O–H groups in total. The second kappa shape index (κ2) is 7.36. The van der Waals surface area contributed by atoms with Gasteiger partial charge >= 0.3 is 0 Å². The van der Waals surface area contributed by atoms with Gasteiger partial charge in [0.05, 0.1) is 0 Å². The van der Waals surface area contributed by atoms with Crippen molar-refractivity contribution in [1.29, 1.82) is 0 Å². The number of hydrogen-bond acceptors (Lipinski definition) is 2. The highest BCUT2D eigenvalue weighted by Gasteiger charge is 2.58. The quantitative estimate of drug-likeness (QED) is 0.545. The van der Waals surface area contributed by atoms with Gasteiger partial charge in [-0.1, -0.05) is 31.6 Å². The highest BCUT2D eigenvalue weighted by Crippen LogP contribution is 2.66. The highest BCUT2D eigenvalue weighted by atomic mass is 16.1. The molecule has 2 heteroatoms. The van der Waals surface area contributed by atoms with Gasteiger partial charge in [0.1, 0.15) is 5.78 Å². The lowest BCUT2D eigenvalue weighted by atomic mass is 9.44. The van der Waals surface area contributed by atoms with Crippen LogP contribution in [0.15, 0.2) is 36.2 Å². The molecule has 3 saturated carbocycles. The summed E-state index contributed by atoms with van der Waals surface area (Å²) in [5.74, 6) is 3.79. The normalized spacial score (nSPS) is 41.3. The molecule has 1 aromatic rings. The number of ketones is 1. The molecular formula is C27H37NO. The van der Waals surface area contributed by atoms with E-state index in [-0.39, 0.29) is 0 Å². The Bertz CT molecular complexity index is 798. The van der Waals surface area contributed by atoms with Crippen LogP contribution >= 0.6 is 0 Å². The predicted octanol–water partition coefficient (Wildman–Crippen LogP) is 6.55. The molecule has 0 aliphatic heterocycles. The Morgan fingerprint density at radius 3 is 2.83 bits per heavy atom. The van der Waals surface area contributed by atoms with Crippen LogP contribution in [0.2, 0.25) is 0 Å². The minimum atomic E-state index is 0.432. The Labute approximate surface area is 176 Å². The molecule has 1 aromatic heterocycles. The van der Waals surface area contributed by atoms with Crippen LogP contribution in [0.4, 0.5) is 0 Å². The number of hydrogen-bond donors (Lipinski definition) is 0. The van der Waals surface area contributed by atoms with Crippen molar-refractivity contribution in [1.82, 2.24) is 4.98 Å². The summed E-state index contributed by atoms with van der Waals surface area (Å²) in [4.78, 5) is 16.4. The molecule has 3 fully saturated rings. The zero-order valence-corrected chi connectivity index (χ0v) is 18.3. The third-order valence-corrected chi connectivity index (χ3v) is 9.86. The lowest BCUT2D eigenvalue weighted by Gasteiger charge is -2.60. The molecule has 156 valence electrons. The molecule has 5 rings (SSSR count). The Hall–Kier alpha value is -1.44. The van der Waals surface area contributed by atoms with Crippen molar-refractivity contribution in [3.05, 3.63) is 41.7 Å². The van der Waals surface area contributed by atoms with Crippen LogP contribution in [-0.2, 0) is 11.2 Å². The first kappa shape index (κ1) is 19.5. The number of carbonyl (C=O) groups is 1. The summed E-state index contributed by atoms with van der Waals surface area (Å²) in [6.07, 6.45) is 19.8. The molecule has 29 heavy (non-hydrogen) atoms. The van der Waals surface area contributed by atoms with Crippen LogP contribution in [0, 0.1) is 34.5 Å². The van der Waals surface area contributed by atoms with Crippen molar-refractivity contribution in [2.24, 2.45) is 34.5 Å². The van der Waals surface area contributed by atoms with E-state index in [9.17, 15) is 4.79 Å². The molecule has 2 nitrogen and oxygen atoms in total. The zero-order valence-electron chi connectivity index (χ0n) is 18.3. The number of aromatic nitrogens is 1. The average molecular weight is 392 g/mol. The van der Waals surface area contributed by atoms with Crippen LogP contribution in [0.25, 0.3) is 0 Å². The summed E-state index contributed by atoms with van der Waals surface area (Å²) in [5.41, 5.74) is 4.00. The zero-order chi connectivity index (χ0) is 20.1. The maximum absolute atomic E-state index is 12.1. The fourth-order valence-corrected chi connectivity index (χ4v) is 8.12. The highest BCUT2D eigenvalue weighted by molar-refractivity contribution is 5.79. The number of aryl methyl sites for hydroxylation is 1. The van der Waals surface area contributed by atoms with E-state index in [0.717, 1.165) is 43.4 Å². The Balaban J connectivity index is 1.27. The molecule has 0 saturated heterocycles. The number of Topliss-reactive ketones (excluding diaryl/α,β-unsaturated/α-hetero) is 1. The van der Waals surface area contributed by atoms with Crippen LogP contribution in [0.3, 0.4) is 0 Å². The number of pyridine rings is 1. The van der Waals surface area contributed by atoms with Gasteiger partial charge in [-0.05, 0) is 104 Å². The van der Waals surface area contributed by atoms with E-state index in [1.54, 1.807) is 5.57 Å². The van der Waals surface area contributed by atoms with Gasteiger partial charge in [-0.3, -0.25) is 9.78 Å². The smallest absolute Gasteiger partial charge is 0.133 e. The summed E-state index contributed by atoms with van der Waals surface area (Å²) in [5, 5.41) is 0. The lowest BCUT2D eigenvalue weighted by molar-refractivity contribution is -0.137. The number of fused-ring (bicyclic) bond motifs is 5. The number of rotatable bonds is 4. The second-order valence-electron chi connectivity index (χ2n) is 11.0. The van der Waals surface area contributed by atoms with Gasteiger partial charge < -0.3 is 0 Å². The van der Waals surface area contributed by atoms with E-state index in [2.05, 4.69) is 37.0 Å². The van der Waals surface area contributed by atoms with Crippen molar-refractivity contribution in [3.8, 4) is 0 Å². The number of allylic oxidation sites excluding steroid dienone is 2. The number of carbonyl (C=O) groups excluding carboxylic acids is 1. The molecule has 0 radical (unpaired) electrons. The molecule has 4 aliphatic rings. The molecule has 0 bridgehead atoms. The van der Waals surface area contributed by atoms with E-state index in [0.29, 0.717) is 22.5 Å². The summed E-state index contributed by atoms with van der Waals surface area (Å²) < 4.78 is 0. The maximum Gasteiger partial charge on any atom is 0.133 e. The molecule has 0 amide bonds. The van der Waals surface area contributed by atoms with Gasteiger partial charge in [0.2, 0.25) is 0 Å². The number of nitrogens with zero attached hydrogens (tertiary/aromatic N) is 1. The topological polar surface area (TPSA) is 30.0 Å². The minimum absolute atomic E-state index is 0.432. The summed E-state index contributed by atoms with van der Waals surface area (Å²) in [7, 11) is 0. The monoisotopic (exact) mass is 391 g/mol. The van der Waals surface area contributed by atoms with E-state index < -0.39 is 0 Å². The largest absolute Gasteiger partial charge is 0.300 e. The summed E-state index contributed by atoms with van der Waals surface area (Å²) in [6, 6.07) is 4.26. The SMILES string of the molecule is C[C@]12CCC(=O)CC1CC[C@@H]1[C@H]2CC[C@]2(C)C(CCCc3cccnc3)=CC[C@@H]12. The van der Waals surface area contributed by atoms with Crippen LogP contribution in [0.5, 0.6) is 0 Å². The fourth-order valence-electron chi connectivity index (χ4n) is 8.12. The van der Waals surface area contributed by atoms with Crippen molar-refractivity contribution < 1.29 is 4.79 Å². The molecule has 1 heterocycles. The van der Waals surface area contributed by atoms with Gasteiger partial charge in [-0.2, -0.15) is 0 Å². The Morgan fingerprint density at radius 1 is 1.10 bits per heavy atom. The standard InChI is InChI=1S/C27H37NO/c1-26-15-13-25-23(10-8-21-17-22(29)12-14-27(21,25)2)24(26)11-9-20(26)7-3-5-19-6-4-16-28-18-19/h4,6,9,16,18,21,23-25H,3,5,7-8,10-15,17H2,1-2H3/t21?,23-,24-,25+,26+,27-/m0/s1. The van der Waals surface area contributed by atoms with Crippen LogP contribution in [0.1, 0.15) is 83.6 Å². The van der Waals surface area contributed by atoms with E-state index in [4.69, 9.17) is 0 Å². The summed E-state index contributed by atoms with van der Waals surface area (Å²) >= 11 is 0. The lowest BCUT2D eigenvalue weighted by Crippen LogP contribution is -2.53. The average Bonchev–Trinajstić information content (AvgIpc) is 3.06. The van der Waals surface area contributed by atoms with Crippen molar-refractivity contribution in [2.45, 2.75) is 84.5 Å². The molecule has 6 atom stereocenters. The molecule has 1 unspecified atom stereocenters. The third kappa shape index (κ3) is 3.22. The van der Waals surface area contributed by atoms with Crippen LogP contribution < -0.4 is 0 Å². The van der Waals surface area contributed by atoms with Crippen LogP contribution in [-0.4, -0.2) is 10.8 Å². The molecule has 4 aliphatic carbocycles. The maximum atomic E-state index is 12.1. The third-order valence-electron chi connectivity index (χ3n) is 9.86. The van der Waals surface area contributed by atoms with E-state index in [1.165, 1.54) is 50.5 Å². The summed E-state index contributed by atoms with van der Waals surface area (Å²) in [6.45, 7) is 5.15. The minimum Gasteiger partial charge on any atom is -0.300 e. The van der Waals surface area contributed by atoms with Crippen molar-refractivity contribution in [2.75, 3.05) is 0 Å². The Morgan fingerprint density at radius 2 is 2.00 bits per heavy atom. The predicted molar refractivity (Wildman–Crippen MR) is 117 cm³/mol. The first-order chi connectivity index (χ1) is 14.0. The Kier molecular flexibility index (Phi) is 4.95. The van der Waals surface area contributed by atoms with E-state index >= 15 is 0 Å². The van der Waals surface area contributed by atoms with Gasteiger partial charge in [0.25, 0.3) is 0 Å².